The fraction of sp³-hybridized carbons (Fsp3) is 0.643. The summed E-state index contributed by atoms with van der Waals surface area (Å²) < 4.78 is 29.3. The molecule has 0 saturated heterocycles. The van der Waals surface area contributed by atoms with E-state index in [0.717, 1.165) is 11.1 Å². The SMILES string of the molecule is CCc1cc(CNC(C)(C)C)cnc1OCC(F)F. The zero-order chi connectivity index (χ0) is 14.5. The Bertz CT molecular complexity index is 403. The maximum absolute atomic E-state index is 12.1. The van der Waals surface area contributed by atoms with E-state index in [4.69, 9.17) is 4.74 Å². The van der Waals surface area contributed by atoms with Crippen LogP contribution in [0.4, 0.5) is 8.78 Å². The summed E-state index contributed by atoms with van der Waals surface area (Å²) in [5.74, 6) is 0.308. The third-order valence-corrected chi connectivity index (χ3v) is 2.53. The van der Waals surface area contributed by atoms with E-state index in [0.29, 0.717) is 18.8 Å². The van der Waals surface area contributed by atoms with Crippen molar-refractivity contribution in [3.8, 4) is 5.88 Å². The van der Waals surface area contributed by atoms with Crippen LogP contribution in [0.2, 0.25) is 0 Å². The van der Waals surface area contributed by atoms with Crippen LogP contribution in [0, 0.1) is 0 Å². The van der Waals surface area contributed by atoms with E-state index < -0.39 is 13.0 Å². The van der Waals surface area contributed by atoms with Crippen molar-refractivity contribution in [2.24, 2.45) is 0 Å². The van der Waals surface area contributed by atoms with Crippen molar-refractivity contribution < 1.29 is 13.5 Å². The Kier molecular flexibility index (Phi) is 5.66. The summed E-state index contributed by atoms with van der Waals surface area (Å²) in [6.45, 7) is 8.29. The molecule has 0 aliphatic rings. The van der Waals surface area contributed by atoms with Gasteiger partial charge in [0.25, 0.3) is 6.43 Å². The normalized spacial score (nSPS) is 11.9. The van der Waals surface area contributed by atoms with Gasteiger partial charge in [0.05, 0.1) is 0 Å². The van der Waals surface area contributed by atoms with Gasteiger partial charge in [-0.3, -0.25) is 0 Å². The van der Waals surface area contributed by atoms with Crippen LogP contribution in [-0.2, 0) is 13.0 Å². The van der Waals surface area contributed by atoms with Crippen molar-refractivity contribution in [3.63, 3.8) is 0 Å². The summed E-state index contributed by atoms with van der Waals surface area (Å²) in [7, 11) is 0. The molecule has 108 valence electrons. The molecule has 1 aromatic heterocycles. The lowest BCUT2D eigenvalue weighted by atomic mass is 10.1. The summed E-state index contributed by atoms with van der Waals surface area (Å²) in [4.78, 5) is 4.13. The van der Waals surface area contributed by atoms with Gasteiger partial charge in [-0.25, -0.2) is 13.8 Å². The van der Waals surface area contributed by atoms with Gasteiger partial charge < -0.3 is 10.1 Å². The Morgan fingerprint density at radius 3 is 2.58 bits per heavy atom. The molecule has 0 atom stereocenters. The molecule has 0 amide bonds. The van der Waals surface area contributed by atoms with Crippen molar-refractivity contribution in [1.29, 1.82) is 0 Å². The number of alkyl halides is 2. The average molecular weight is 272 g/mol. The number of aromatic nitrogens is 1. The first kappa shape index (κ1) is 15.8. The van der Waals surface area contributed by atoms with E-state index in [1.807, 2.05) is 13.0 Å². The third kappa shape index (κ3) is 5.96. The Balaban J connectivity index is 2.72. The first-order valence-corrected chi connectivity index (χ1v) is 6.45. The van der Waals surface area contributed by atoms with Gasteiger partial charge in [0.15, 0.2) is 6.61 Å². The number of halogens is 2. The number of nitrogens with zero attached hydrogens (tertiary/aromatic N) is 1. The molecule has 0 aromatic carbocycles. The molecular formula is C14H22F2N2O. The highest BCUT2D eigenvalue weighted by Gasteiger charge is 2.11. The number of ether oxygens (including phenoxy) is 1. The summed E-state index contributed by atoms with van der Waals surface area (Å²) >= 11 is 0. The number of rotatable bonds is 6. The molecule has 1 aromatic rings. The first-order valence-electron chi connectivity index (χ1n) is 6.45. The first-order chi connectivity index (χ1) is 8.81. The lowest BCUT2D eigenvalue weighted by molar-refractivity contribution is 0.0790. The van der Waals surface area contributed by atoms with Crippen LogP contribution in [0.5, 0.6) is 5.88 Å². The molecule has 0 aliphatic heterocycles. The number of aryl methyl sites for hydroxylation is 1. The van der Waals surface area contributed by atoms with Crippen LogP contribution in [0.15, 0.2) is 12.3 Å². The molecule has 0 unspecified atom stereocenters. The molecule has 0 radical (unpaired) electrons. The second kappa shape index (κ2) is 6.80. The van der Waals surface area contributed by atoms with E-state index in [2.05, 4.69) is 31.1 Å². The summed E-state index contributed by atoms with van der Waals surface area (Å²) in [6.07, 6.45) is -0.109. The number of hydrogen-bond donors (Lipinski definition) is 1. The summed E-state index contributed by atoms with van der Waals surface area (Å²) in [5.41, 5.74) is 1.90. The fourth-order valence-electron chi connectivity index (χ4n) is 1.54. The monoisotopic (exact) mass is 272 g/mol. The largest absolute Gasteiger partial charge is 0.471 e. The molecule has 0 spiro atoms. The van der Waals surface area contributed by atoms with Gasteiger partial charge in [0.1, 0.15) is 0 Å². The second-order valence-corrected chi connectivity index (χ2v) is 5.47. The average Bonchev–Trinajstić information content (AvgIpc) is 2.33. The zero-order valence-electron chi connectivity index (χ0n) is 12.0. The predicted octanol–water partition coefficient (Wildman–Crippen LogP) is 3.18. The smallest absolute Gasteiger partial charge is 0.272 e. The number of hydrogen-bond acceptors (Lipinski definition) is 3. The van der Waals surface area contributed by atoms with Crippen LogP contribution >= 0.6 is 0 Å². The molecule has 1 heterocycles. The molecule has 5 heteroatoms. The molecule has 19 heavy (non-hydrogen) atoms. The molecular weight excluding hydrogens is 250 g/mol. The molecule has 0 aliphatic carbocycles. The lowest BCUT2D eigenvalue weighted by Gasteiger charge is -2.20. The van der Waals surface area contributed by atoms with E-state index in [1.165, 1.54) is 0 Å². The predicted molar refractivity (Wildman–Crippen MR) is 71.7 cm³/mol. The minimum Gasteiger partial charge on any atom is -0.471 e. The quantitative estimate of drug-likeness (QED) is 0.863. The molecule has 3 nitrogen and oxygen atoms in total. The minimum absolute atomic E-state index is 0.0250. The van der Waals surface area contributed by atoms with Crippen molar-refractivity contribution >= 4 is 0 Å². The standard InChI is InChI=1S/C14H22F2N2O/c1-5-11-6-10(8-18-14(2,3)4)7-17-13(11)19-9-12(15)16/h6-7,12,18H,5,8-9H2,1-4H3. The Morgan fingerprint density at radius 2 is 2.05 bits per heavy atom. The number of pyridine rings is 1. The van der Waals surface area contributed by atoms with E-state index in [1.54, 1.807) is 6.20 Å². The molecule has 0 saturated carbocycles. The van der Waals surface area contributed by atoms with Crippen molar-refractivity contribution in [2.45, 2.75) is 52.6 Å². The fourth-order valence-corrected chi connectivity index (χ4v) is 1.54. The summed E-state index contributed by atoms with van der Waals surface area (Å²) in [6, 6.07) is 1.95. The van der Waals surface area contributed by atoms with Gasteiger partial charge in [-0.1, -0.05) is 6.92 Å². The lowest BCUT2D eigenvalue weighted by Crippen LogP contribution is -2.35. The highest BCUT2D eigenvalue weighted by Crippen LogP contribution is 2.18. The maximum atomic E-state index is 12.1. The van der Waals surface area contributed by atoms with Gasteiger partial charge in [-0.2, -0.15) is 0 Å². The van der Waals surface area contributed by atoms with Crippen molar-refractivity contribution in [3.05, 3.63) is 23.4 Å². The Labute approximate surface area is 113 Å². The van der Waals surface area contributed by atoms with Gasteiger partial charge in [0.2, 0.25) is 5.88 Å². The molecule has 1 N–H and O–H groups in total. The summed E-state index contributed by atoms with van der Waals surface area (Å²) in [5, 5.41) is 3.36. The topological polar surface area (TPSA) is 34.2 Å². The Morgan fingerprint density at radius 1 is 1.37 bits per heavy atom. The van der Waals surface area contributed by atoms with Gasteiger partial charge in [0, 0.05) is 23.8 Å². The van der Waals surface area contributed by atoms with Crippen LogP contribution in [-0.4, -0.2) is 23.6 Å². The van der Waals surface area contributed by atoms with Crippen LogP contribution in [0.25, 0.3) is 0 Å². The second-order valence-electron chi connectivity index (χ2n) is 5.47. The van der Waals surface area contributed by atoms with Crippen LogP contribution < -0.4 is 10.1 Å². The van der Waals surface area contributed by atoms with E-state index in [-0.39, 0.29) is 5.54 Å². The molecule has 1 rings (SSSR count). The zero-order valence-corrected chi connectivity index (χ0v) is 12.0. The van der Waals surface area contributed by atoms with Crippen LogP contribution in [0.1, 0.15) is 38.8 Å². The van der Waals surface area contributed by atoms with Gasteiger partial charge >= 0.3 is 0 Å². The number of nitrogens with one attached hydrogen (secondary N) is 1. The molecule has 0 bridgehead atoms. The van der Waals surface area contributed by atoms with Gasteiger partial charge in [-0.05, 0) is 38.8 Å². The third-order valence-electron chi connectivity index (χ3n) is 2.53. The van der Waals surface area contributed by atoms with Crippen molar-refractivity contribution in [1.82, 2.24) is 10.3 Å². The molecule has 0 fully saturated rings. The highest BCUT2D eigenvalue weighted by atomic mass is 19.3. The van der Waals surface area contributed by atoms with Crippen molar-refractivity contribution in [2.75, 3.05) is 6.61 Å². The highest BCUT2D eigenvalue weighted by molar-refractivity contribution is 5.30. The Hall–Kier alpha value is -1.23. The van der Waals surface area contributed by atoms with Crippen LogP contribution in [0.3, 0.4) is 0 Å². The van der Waals surface area contributed by atoms with E-state index >= 15 is 0 Å². The maximum Gasteiger partial charge on any atom is 0.272 e. The van der Waals surface area contributed by atoms with Gasteiger partial charge in [-0.15, -0.1) is 0 Å². The minimum atomic E-state index is -2.48. The van der Waals surface area contributed by atoms with E-state index in [9.17, 15) is 8.78 Å².